The Morgan fingerprint density at radius 2 is 2.07 bits per heavy atom. The Labute approximate surface area is 90.9 Å². The predicted molar refractivity (Wildman–Crippen MR) is 53.1 cm³/mol. The van der Waals surface area contributed by atoms with E-state index in [1.807, 2.05) is 0 Å². The molecule has 15 heavy (non-hydrogen) atoms. The Balaban J connectivity index is 2.14. The number of halogens is 2. The van der Waals surface area contributed by atoms with Crippen molar-refractivity contribution in [3.05, 3.63) is 47.4 Å². The molecule has 0 N–H and O–H groups in total. The van der Waals surface area contributed by atoms with Crippen LogP contribution in [0.3, 0.4) is 0 Å². The zero-order valence-electron chi connectivity index (χ0n) is 7.78. The zero-order valence-corrected chi connectivity index (χ0v) is 8.54. The van der Waals surface area contributed by atoms with Crippen molar-refractivity contribution >= 4 is 11.6 Å². The lowest BCUT2D eigenvalue weighted by Crippen LogP contribution is -1.89. The van der Waals surface area contributed by atoms with E-state index in [0.29, 0.717) is 18.2 Å². The minimum absolute atomic E-state index is 0.191. The lowest BCUT2D eigenvalue weighted by atomic mass is 10.1. The molecule has 78 valence electrons. The van der Waals surface area contributed by atoms with Crippen molar-refractivity contribution in [3.63, 3.8) is 0 Å². The third-order valence-corrected chi connectivity index (χ3v) is 2.10. The lowest BCUT2D eigenvalue weighted by Gasteiger charge is -1.96. The van der Waals surface area contributed by atoms with Gasteiger partial charge < -0.3 is 4.42 Å². The Bertz CT molecular complexity index is 458. The van der Waals surface area contributed by atoms with Crippen molar-refractivity contribution in [1.82, 2.24) is 10.2 Å². The molecule has 5 heteroatoms. The highest BCUT2D eigenvalue weighted by Crippen LogP contribution is 2.10. The minimum Gasteiger partial charge on any atom is -0.424 e. The van der Waals surface area contributed by atoms with E-state index in [1.54, 1.807) is 12.1 Å². The van der Waals surface area contributed by atoms with Gasteiger partial charge in [-0.3, -0.25) is 0 Å². The van der Waals surface area contributed by atoms with Crippen molar-refractivity contribution in [2.24, 2.45) is 0 Å². The van der Waals surface area contributed by atoms with Crippen LogP contribution in [0, 0.1) is 5.82 Å². The zero-order chi connectivity index (χ0) is 10.7. The van der Waals surface area contributed by atoms with Crippen LogP contribution in [0.1, 0.15) is 17.3 Å². The molecule has 0 radical (unpaired) electrons. The Kier molecular flexibility index (Phi) is 2.97. The summed E-state index contributed by atoms with van der Waals surface area (Å²) in [6.45, 7) is 0. The smallest absolute Gasteiger partial charge is 0.231 e. The van der Waals surface area contributed by atoms with E-state index in [1.165, 1.54) is 12.1 Å². The van der Waals surface area contributed by atoms with E-state index in [-0.39, 0.29) is 11.7 Å². The monoisotopic (exact) mass is 226 g/mol. The van der Waals surface area contributed by atoms with Crippen LogP contribution in [-0.4, -0.2) is 10.2 Å². The van der Waals surface area contributed by atoms with Crippen LogP contribution in [-0.2, 0) is 12.3 Å². The summed E-state index contributed by atoms with van der Waals surface area (Å²) in [6.07, 6.45) is 0.418. The highest BCUT2D eigenvalue weighted by atomic mass is 35.5. The van der Waals surface area contributed by atoms with Crippen LogP contribution >= 0.6 is 11.6 Å². The van der Waals surface area contributed by atoms with Crippen molar-refractivity contribution in [2.75, 3.05) is 0 Å². The molecule has 0 amide bonds. The predicted octanol–water partition coefficient (Wildman–Crippen LogP) is 2.54. The van der Waals surface area contributed by atoms with Gasteiger partial charge in [-0.1, -0.05) is 12.1 Å². The largest absolute Gasteiger partial charge is 0.424 e. The first kappa shape index (κ1) is 10.1. The average molecular weight is 227 g/mol. The minimum atomic E-state index is -0.274. The number of rotatable bonds is 3. The SMILES string of the molecule is Fc1cccc(Cc2nnc(CCl)o2)c1. The van der Waals surface area contributed by atoms with E-state index in [2.05, 4.69) is 10.2 Å². The summed E-state index contributed by atoms with van der Waals surface area (Å²) in [4.78, 5) is 0. The van der Waals surface area contributed by atoms with Gasteiger partial charge in [-0.15, -0.1) is 21.8 Å². The normalized spacial score (nSPS) is 10.5. The van der Waals surface area contributed by atoms with Gasteiger partial charge in [0, 0.05) is 0 Å². The summed E-state index contributed by atoms with van der Waals surface area (Å²) >= 11 is 5.51. The molecule has 0 aliphatic heterocycles. The molecule has 0 aliphatic rings. The topological polar surface area (TPSA) is 38.9 Å². The maximum absolute atomic E-state index is 12.9. The molecular weight excluding hydrogens is 219 g/mol. The highest BCUT2D eigenvalue weighted by molar-refractivity contribution is 6.16. The lowest BCUT2D eigenvalue weighted by molar-refractivity contribution is 0.473. The van der Waals surface area contributed by atoms with Gasteiger partial charge in [-0.25, -0.2) is 4.39 Å². The van der Waals surface area contributed by atoms with Gasteiger partial charge in [0.1, 0.15) is 11.7 Å². The maximum atomic E-state index is 12.9. The third kappa shape index (κ3) is 2.53. The van der Waals surface area contributed by atoms with Gasteiger partial charge in [-0.2, -0.15) is 0 Å². The van der Waals surface area contributed by atoms with Crippen molar-refractivity contribution in [2.45, 2.75) is 12.3 Å². The molecule has 1 aromatic heterocycles. The van der Waals surface area contributed by atoms with Crippen LogP contribution in [0.2, 0.25) is 0 Å². The van der Waals surface area contributed by atoms with Crippen LogP contribution in [0.15, 0.2) is 28.7 Å². The molecular formula is C10H8ClFN2O. The number of benzene rings is 1. The molecule has 0 saturated heterocycles. The Hall–Kier alpha value is -1.42. The molecule has 0 saturated carbocycles. The maximum Gasteiger partial charge on any atom is 0.231 e. The van der Waals surface area contributed by atoms with Gasteiger partial charge >= 0.3 is 0 Å². The van der Waals surface area contributed by atoms with E-state index < -0.39 is 0 Å². The molecule has 3 nitrogen and oxygen atoms in total. The molecule has 1 aromatic carbocycles. The molecule has 2 rings (SSSR count). The molecule has 0 unspecified atom stereocenters. The molecule has 0 fully saturated rings. The summed E-state index contributed by atoms with van der Waals surface area (Å²) in [7, 11) is 0. The van der Waals surface area contributed by atoms with Crippen LogP contribution in [0.4, 0.5) is 4.39 Å². The Morgan fingerprint density at radius 1 is 1.27 bits per heavy atom. The molecule has 0 spiro atoms. The second kappa shape index (κ2) is 4.40. The standard InChI is InChI=1S/C10H8ClFN2O/c11-6-10-14-13-9(15-10)5-7-2-1-3-8(12)4-7/h1-4H,5-6H2. The fraction of sp³-hybridized carbons (Fsp3) is 0.200. The second-order valence-corrected chi connectivity index (χ2v) is 3.30. The average Bonchev–Trinajstić information content (AvgIpc) is 2.65. The van der Waals surface area contributed by atoms with E-state index in [0.717, 1.165) is 5.56 Å². The quantitative estimate of drug-likeness (QED) is 0.755. The van der Waals surface area contributed by atoms with Gasteiger partial charge in [0.2, 0.25) is 11.8 Å². The van der Waals surface area contributed by atoms with E-state index in [9.17, 15) is 4.39 Å². The summed E-state index contributed by atoms with van der Waals surface area (Å²) in [6, 6.07) is 6.27. The summed E-state index contributed by atoms with van der Waals surface area (Å²) in [5, 5.41) is 7.50. The summed E-state index contributed by atoms with van der Waals surface area (Å²) in [5.74, 6) is 0.736. The summed E-state index contributed by atoms with van der Waals surface area (Å²) in [5.41, 5.74) is 0.791. The summed E-state index contributed by atoms with van der Waals surface area (Å²) < 4.78 is 18.1. The molecule has 0 bridgehead atoms. The van der Waals surface area contributed by atoms with Crippen LogP contribution < -0.4 is 0 Å². The fourth-order valence-electron chi connectivity index (χ4n) is 1.24. The van der Waals surface area contributed by atoms with Crippen molar-refractivity contribution in [3.8, 4) is 0 Å². The van der Waals surface area contributed by atoms with Gasteiger partial charge in [0.15, 0.2) is 0 Å². The third-order valence-electron chi connectivity index (χ3n) is 1.87. The second-order valence-electron chi connectivity index (χ2n) is 3.03. The Morgan fingerprint density at radius 3 is 2.73 bits per heavy atom. The molecule has 2 aromatic rings. The van der Waals surface area contributed by atoms with E-state index in [4.69, 9.17) is 16.0 Å². The number of nitrogens with zero attached hydrogens (tertiary/aromatic N) is 2. The van der Waals surface area contributed by atoms with Crippen molar-refractivity contribution in [1.29, 1.82) is 0 Å². The number of hydrogen-bond acceptors (Lipinski definition) is 3. The highest BCUT2D eigenvalue weighted by Gasteiger charge is 2.06. The van der Waals surface area contributed by atoms with Crippen LogP contribution in [0.5, 0.6) is 0 Å². The fourth-order valence-corrected chi connectivity index (χ4v) is 1.34. The van der Waals surface area contributed by atoms with E-state index >= 15 is 0 Å². The van der Waals surface area contributed by atoms with Gasteiger partial charge in [-0.05, 0) is 17.7 Å². The van der Waals surface area contributed by atoms with Gasteiger partial charge in [0.05, 0.1) is 6.42 Å². The van der Waals surface area contributed by atoms with Gasteiger partial charge in [0.25, 0.3) is 0 Å². The number of alkyl halides is 1. The van der Waals surface area contributed by atoms with Crippen LogP contribution in [0.25, 0.3) is 0 Å². The first-order valence-corrected chi connectivity index (χ1v) is 4.93. The number of hydrogen-bond donors (Lipinski definition) is 0. The van der Waals surface area contributed by atoms with Crippen molar-refractivity contribution < 1.29 is 8.81 Å². The molecule has 0 aliphatic carbocycles. The molecule has 0 atom stereocenters. The molecule has 1 heterocycles. The first-order valence-electron chi connectivity index (χ1n) is 4.39. The first-order chi connectivity index (χ1) is 7.28. The number of aromatic nitrogens is 2.